The Morgan fingerprint density at radius 2 is 1.94 bits per heavy atom. The smallest absolute Gasteiger partial charge is 0.294 e. The summed E-state index contributed by atoms with van der Waals surface area (Å²) in [6.07, 6.45) is 0.919. The third kappa shape index (κ3) is 3.91. The van der Waals surface area contributed by atoms with Gasteiger partial charge in [-0.3, -0.25) is 9.35 Å². The first-order valence-corrected chi connectivity index (χ1v) is 6.73. The molecule has 17 heavy (non-hydrogen) atoms. The second-order valence-corrected chi connectivity index (χ2v) is 5.47. The molecule has 6 nitrogen and oxygen atoms in total. The summed E-state index contributed by atoms with van der Waals surface area (Å²) in [7, 11) is -4.23. The van der Waals surface area contributed by atoms with Crippen LogP contribution in [0.25, 0.3) is 0 Å². The van der Waals surface area contributed by atoms with E-state index in [1.165, 1.54) is 24.3 Å². The topological polar surface area (TPSA) is 107 Å². The van der Waals surface area contributed by atoms with E-state index in [0.717, 1.165) is 6.21 Å². The van der Waals surface area contributed by atoms with Gasteiger partial charge in [0.15, 0.2) is 0 Å². The summed E-state index contributed by atoms with van der Waals surface area (Å²) in [5.41, 5.74) is 0.369. The highest BCUT2D eigenvalue weighted by Crippen LogP contribution is 2.14. The summed E-state index contributed by atoms with van der Waals surface area (Å²) in [6.45, 7) is 0. The molecule has 0 saturated heterocycles. The number of hydrogen-bond acceptors (Lipinski definition) is 4. The van der Waals surface area contributed by atoms with E-state index in [4.69, 9.17) is 9.96 Å². The second kappa shape index (κ2) is 5.39. The number of hydrogen-bond donors (Lipinski definition) is 3. The van der Waals surface area contributed by atoms with Gasteiger partial charge in [-0.05, 0) is 24.3 Å². The third-order valence-corrected chi connectivity index (χ3v) is 3.36. The maximum atomic E-state index is 11.3. The number of halogens is 1. The first-order valence-electron chi connectivity index (χ1n) is 4.37. The van der Waals surface area contributed by atoms with Gasteiger partial charge in [0.2, 0.25) is 5.91 Å². The average molecular weight is 321 g/mol. The summed E-state index contributed by atoms with van der Waals surface area (Å²) in [5, 5.41) is 9.33. The summed E-state index contributed by atoms with van der Waals surface area (Å²) in [6, 6.07) is 5.01. The van der Waals surface area contributed by atoms with Gasteiger partial charge < -0.3 is 10.7 Å². The number of amides is 1. The highest BCUT2D eigenvalue weighted by atomic mass is 79.9. The maximum Gasteiger partial charge on any atom is 0.294 e. The zero-order valence-electron chi connectivity index (χ0n) is 8.42. The van der Waals surface area contributed by atoms with E-state index < -0.39 is 20.9 Å². The highest BCUT2D eigenvalue weighted by Gasteiger charge is 2.13. The number of benzene rings is 1. The van der Waals surface area contributed by atoms with Gasteiger partial charge in [0.1, 0.15) is 4.83 Å². The van der Waals surface area contributed by atoms with Gasteiger partial charge in [0, 0.05) is 11.9 Å². The molecule has 1 amide bonds. The third-order valence-electron chi connectivity index (χ3n) is 1.82. The molecule has 92 valence electrons. The lowest BCUT2D eigenvalue weighted by Gasteiger charge is -2.06. The van der Waals surface area contributed by atoms with Crippen molar-refractivity contribution in [2.75, 3.05) is 5.32 Å². The molecule has 1 aromatic carbocycles. The minimum atomic E-state index is -4.23. The molecule has 1 rings (SSSR count). The molecule has 0 aliphatic rings. The van der Waals surface area contributed by atoms with E-state index >= 15 is 0 Å². The Balaban J connectivity index is 2.83. The van der Waals surface area contributed by atoms with Crippen molar-refractivity contribution in [3.8, 4) is 0 Å². The van der Waals surface area contributed by atoms with Crippen LogP contribution in [0.5, 0.6) is 0 Å². The molecule has 1 aromatic rings. The fourth-order valence-corrected chi connectivity index (χ4v) is 1.59. The number of carbonyl (C=O) groups excluding carboxylic acids is 1. The van der Waals surface area contributed by atoms with Gasteiger partial charge >= 0.3 is 0 Å². The Labute approximate surface area is 106 Å². The molecule has 0 spiro atoms. The van der Waals surface area contributed by atoms with E-state index in [-0.39, 0.29) is 4.90 Å². The molecular formula is C9H9BrN2O4S. The molecule has 0 aliphatic carbocycles. The van der Waals surface area contributed by atoms with E-state index in [2.05, 4.69) is 21.2 Å². The van der Waals surface area contributed by atoms with Crippen LogP contribution in [0.2, 0.25) is 0 Å². The lowest BCUT2D eigenvalue weighted by atomic mass is 10.3. The van der Waals surface area contributed by atoms with Gasteiger partial charge in [-0.25, -0.2) is 0 Å². The quantitative estimate of drug-likeness (QED) is 0.441. The molecule has 8 heteroatoms. The predicted octanol–water partition coefficient (Wildman–Crippen LogP) is 1.28. The highest BCUT2D eigenvalue weighted by molar-refractivity contribution is 9.10. The molecule has 0 aliphatic heterocycles. The van der Waals surface area contributed by atoms with E-state index in [0.29, 0.717) is 5.69 Å². The Morgan fingerprint density at radius 3 is 2.35 bits per heavy atom. The lowest BCUT2D eigenvalue weighted by Crippen LogP contribution is -2.23. The van der Waals surface area contributed by atoms with Crippen molar-refractivity contribution < 1.29 is 17.8 Å². The molecule has 0 radical (unpaired) electrons. The van der Waals surface area contributed by atoms with E-state index in [1.54, 1.807) is 0 Å². The van der Waals surface area contributed by atoms with Crippen LogP contribution in [0, 0.1) is 5.41 Å². The van der Waals surface area contributed by atoms with Crippen LogP contribution in [-0.4, -0.2) is 29.9 Å². The van der Waals surface area contributed by atoms with Crippen LogP contribution in [0.3, 0.4) is 0 Å². The summed E-state index contributed by atoms with van der Waals surface area (Å²) in [5.74, 6) is -0.445. The van der Waals surface area contributed by atoms with Crippen LogP contribution in [0.4, 0.5) is 5.69 Å². The first kappa shape index (κ1) is 13.8. The summed E-state index contributed by atoms with van der Waals surface area (Å²) in [4.78, 5) is 10.4. The van der Waals surface area contributed by atoms with Crippen LogP contribution in [-0.2, 0) is 14.9 Å². The zero-order valence-corrected chi connectivity index (χ0v) is 10.8. The normalized spacial score (nSPS) is 12.8. The zero-order chi connectivity index (χ0) is 13.1. The fourth-order valence-electron chi connectivity index (χ4n) is 0.997. The van der Waals surface area contributed by atoms with Gasteiger partial charge in [-0.1, -0.05) is 15.9 Å². The maximum absolute atomic E-state index is 11.3. The molecule has 0 heterocycles. The number of carbonyl (C=O) groups is 1. The fraction of sp³-hybridized carbons (Fsp3) is 0.111. The summed E-state index contributed by atoms with van der Waals surface area (Å²) >= 11 is 2.95. The van der Waals surface area contributed by atoms with Crippen LogP contribution < -0.4 is 5.32 Å². The summed E-state index contributed by atoms with van der Waals surface area (Å²) < 4.78 is 30.2. The standard InChI is InChI=1S/C9H9BrN2O4S/c10-8(5-11)9(13)12-6-1-3-7(4-2-6)17(14,15)16/h1-5,8,11H,(H,12,13)(H,14,15,16). The minimum Gasteiger partial charge on any atom is -0.325 e. The van der Waals surface area contributed by atoms with E-state index in [1.807, 2.05) is 0 Å². The number of nitrogens with one attached hydrogen (secondary N) is 2. The van der Waals surface area contributed by atoms with Crippen molar-refractivity contribution in [2.45, 2.75) is 9.72 Å². The number of rotatable bonds is 4. The van der Waals surface area contributed by atoms with Gasteiger partial charge in [0.25, 0.3) is 10.1 Å². The van der Waals surface area contributed by atoms with Crippen molar-refractivity contribution in [3.63, 3.8) is 0 Å². The Hall–Kier alpha value is -1.25. The van der Waals surface area contributed by atoms with Crippen LogP contribution in [0.1, 0.15) is 0 Å². The monoisotopic (exact) mass is 320 g/mol. The van der Waals surface area contributed by atoms with Crippen LogP contribution >= 0.6 is 15.9 Å². The largest absolute Gasteiger partial charge is 0.325 e. The molecular weight excluding hydrogens is 312 g/mol. The minimum absolute atomic E-state index is 0.252. The molecule has 0 fully saturated rings. The average Bonchev–Trinajstić information content (AvgIpc) is 2.27. The lowest BCUT2D eigenvalue weighted by molar-refractivity contribution is -0.114. The molecule has 0 aromatic heterocycles. The number of anilines is 1. The van der Waals surface area contributed by atoms with Gasteiger partial charge in [-0.2, -0.15) is 8.42 Å². The van der Waals surface area contributed by atoms with Gasteiger partial charge in [0.05, 0.1) is 4.90 Å². The Morgan fingerprint density at radius 1 is 1.41 bits per heavy atom. The van der Waals surface area contributed by atoms with E-state index in [9.17, 15) is 13.2 Å². The SMILES string of the molecule is N=CC(Br)C(=O)Nc1ccc(S(=O)(=O)O)cc1. The molecule has 3 N–H and O–H groups in total. The van der Waals surface area contributed by atoms with Crippen molar-refractivity contribution >= 4 is 43.9 Å². The van der Waals surface area contributed by atoms with Crippen molar-refractivity contribution in [3.05, 3.63) is 24.3 Å². The number of alkyl halides is 1. The second-order valence-electron chi connectivity index (χ2n) is 3.06. The van der Waals surface area contributed by atoms with Crippen molar-refractivity contribution in [2.24, 2.45) is 0 Å². The van der Waals surface area contributed by atoms with Crippen molar-refractivity contribution in [1.29, 1.82) is 5.41 Å². The first-order chi connectivity index (χ1) is 7.84. The molecule has 1 atom stereocenters. The predicted molar refractivity (Wildman–Crippen MR) is 66.4 cm³/mol. The Bertz CT molecular complexity index is 526. The van der Waals surface area contributed by atoms with Gasteiger partial charge in [-0.15, -0.1) is 0 Å². The molecule has 0 saturated carbocycles. The molecule has 0 bridgehead atoms. The van der Waals surface area contributed by atoms with Crippen LogP contribution in [0.15, 0.2) is 29.2 Å². The molecule has 1 unspecified atom stereocenters. The Kier molecular flexibility index (Phi) is 4.38. The van der Waals surface area contributed by atoms with Crippen molar-refractivity contribution in [1.82, 2.24) is 0 Å².